The van der Waals surface area contributed by atoms with Crippen molar-refractivity contribution in [2.45, 2.75) is 51.0 Å². The molecule has 2 aliphatic rings. The maximum atomic E-state index is 13.8. The lowest BCUT2D eigenvalue weighted by atomic mass is 9.73. The van der Waals surface area contributed by atoms with Gasteiger partial charge in [0.05, 0.1) is 5.41 Å². The Hall–Kier alpha value is -2.24. The molecule has 1 amide bonds. The molecule has 1 aromatic heterocycles. The van der Waals surface area contributed by atoms with E-state index in [2.05, 4.69) is 40.2 Å². The number of amides is 1. The number of piperidine rings is 1. The largest absolute Gasteiger partial charge is 0.396 e. The number of nitrogens with zero attached hydrogens (tertiary/aromatic N) is 2. The van der Waals surface area contributed by atoms with Crippen LogP contribution in [0.4, 0.5) is 0 Å². The lowest BCUT2D eigenvalue weighted by Crippen LogP contribution is -2.53. The highest BCUT2D eigenvalue weighted by Crippen LogP contribution is 2.39. The van der Waals surface area contributed by atoms with E-state index in [9.17, 15) is 9.90 Å². The fourth-order valence-electron chi connectivity index (χ4n) is 4.99. The van der Waals surface area contributed by atoms with Crippen molar-refractivity contribution in [1.82, 2.24) is 9.88 Å². The zero-order chi connectivity index (χ0) is 20.8. The summed E-state index contributed by atoms with van der Waals surface area (Å²) in [7, 11) is 0. The van der Waals surface area contributed by atoms with E-state index in [0.29, 0.717) is 19.6 Å². The third-order valence-corrected chi connectivity index (χ3v) is 6.75. The van der Waals surface area contributed by atoms with Crippen LogP contribution in [0.15, 0.2) is 48.8 Å². The molecule has 2 fully saturated rings. The van der Waals surface area contributed by atoms with Crippen molar-refractivity contribution in [3.63, 3.8) is 0 Å². The molecule has 3 heterocycles. The van der Waals surface area contributed by atoms with Gasteiger partial charge >= 0.3 is 0 Å². The van der Waals surface area contributed by atoms with Crippen LogP contribution in [0.2, 0.25) is 0 Å². The smallest absolute Gasteiger partial charge is 0.229 e. The molecule has 0 spiro atoms. The van der Waals surface area contributed by atoms with Crippen LogP contribution in [-0.4, -0.2) is 53.3 Å². The summed E-state index contributed by atoms with van der Waals surface area (Å²) in [5.74, 6) is 0.264. The van der Waals surface area contributed by atoms with Crippen molar-refractivity contribution in [2.75, 3.05) is 26.4 Å². The Morgan fingerprint density at radius 2 is 1.93 bits per heavy atom. The zero-order valence-corrected chi connectivity index (χ0v) is 17.6. The van der Waals surface area contributed by atoms with Crippen molar-refractivity contribution in [3.8, 4) is 11.1 Å². The first-order chi connectivity index (χ1) is 14.7. The van der Waals surface area contributed by atoms with Crippen molar-refractivity contribution in [3.05, 3.63) is 54.4 Å². The van der Waals surface area contributed by atoms with E-state index in [0.717, 1.165) is 56.2 Å². The lowest BCUT2D eigenvalue weighted by Gasteiger charge is -2.44. The average Bonchev–Trinajstić information content (AvgIpc) is 2.81. The van der Waals surface area contributed by atoms with Crippen LogP contribution in [0.1, 0.15) is 44.1 Å². The second-order valence-electron chi connectivity index (χ2n) is 8.67. The van der Waals surface area contributed by atoms with E-state index in [1.807, 2.05) is 12.3 Å². The van der Waals surface area contributed by atoms with Gasteiger partial charge in [0.2, 0.25) is 5.91 Å². The van der Waals surface area contributed by atoms with Crippen LogP contribution >= 0.6 is 0 Å². The van der Waals surface area contributed by atoms with Crippen molar-refractivity contribution >= 4 is 5.91 Å². The van der Waals surface area contributed by atoms with Crippen LogP contribution < -0.4 is 0 Å². The summed E-state index contributed by atoms with van der Waals surface area (Å²) in [5, 5.41) is 9.49. The van der Waals surface area contributed by atoms with Gasteiger partial charge in [-0.25, -0.2) is 0 Å². The molecule has 2 aromatic rings. The minimum atomic E-state index is -0.404. The number of aromatic nitrogens is 1. The fourth-order valence-corrected chi connectivity index (χ4v) is 4.99. The van der Waals surface area contributed by atoms with E-state index in [-0.39, 0.29) is 18.6 Å². The summed E-state index contributed by atoms with van der Waals surface area (Å²) in [6.45, 7) is 2.22. The molecule has 4 rings (SSSR count). The molecule has 2 aliphatic heterocycles. The van der Waals surface area contributed by atoms with Gasteiger partial charge in [-0.3, -0.25) is 9.78 Å². The van der Waals surface area contributed by atoms with Crippen LogP contribution in [-0.2, 0) is 16.0 Å². The van der Waals surface area contributed by atoms with E-state index in [4.69, 9.17) is 4.74 Å². The van der Waals surface area contributed by atoms with Gasteiger partial charge in [-0.05, 0) is 67.7 Å². The first-order valence-corrected chi connectivity index (χ1v) is 11.2. The van der Waals surface area contributed by atoms with Crippen LogP contribution in [0, 0.1) is 5.41 Å². The van der Waals surface area contributed by atoms with Gasteiger partial charge in [0.25, 0.3) is 0 Å². The number of likely N-dealkylation sites (tertiary alicyclic amines) is 1. The summed E-state index contributed by atoms with van der Waals surface area (Å²) in [6, 6.07) is 12.7. The molecule has 0 radical (unpaired) electrons. The number of carbonyl (C=O) groups excluding carboxylic acids is 1. The number of pyridine rings is 1. The minimum absolute atomic E-state index is 0.139. The number of carbonyl (C=O) groups is 1. The molecule has 0 bridgehead atoms. The summed E-state index contributed by atoms with van der Waals surface area (Å²) in [6.07, 6.45) is 9.79. The molecule has 1 aromatic carbocycles. The Balaban J connectivity index is 1.55. The van der Waals surface area contributed by atoms with E-state index in [1.165, 1.54) is 5.56 Å². The van der Waals surface area contributed by atoms with Crippen molar-refractivity contribution in [1.29, 1.82) is 0 Å². The monoisotopic (exact) mass is 408 g/mol. The highest BCUT2D eigenvalue weighted by Gasteiger charge is 2.44. The summed E-state index contributed by atoms with van der Waals surface area (Å²) in [4.78, 5) is 20.1. The number of ether oxygens (including phenoxy) is 1. The van der Waals surface area contributed by atoms with Crippen LogP contribution in [0.3, 0.4) is 0 Å². The predicted molar refractivity (Wildman–Crippen MR) is 117 cm³/mol. The topological polar surface area (TPSA) is 62.7 Å². The molecule has 160 valence electrons. The molecule has 1 N–H and O–H groups in total. The van der Waals surface area contributed by atoms with Gasteiger partial charge in [-0.2, -0.15) is 0 Å². The Bertz CT molecular complexity index is 814. The second-order valence-corrected chi connectivity index (χ2v) is 8.67. The van der Waals surface area contributed by atoms with E-state index >= 15 is 0 Å². The standard InChI is InChI=1S/C25H32N2O3/c28-15-10-23-5-1-2-14-27(23)24(29)25(11-16-30-17-12-25)18-20-6-8-21(9-7-20)22-4-3-13-26-19-22/h3-4,6-9,13,19,23,28H,1-2,5,10-12,14-18H2/t23-/m1/s1. The molecule has 5 heteroatoms. The molecule has 1 atom stereocenters. The third-order valence-electron chi connectivity index (χ3n) is 6.75. The first-order valence-electron chi connectivity index (χ1n) is 11.2. The highest BCUT2D eigenvalue weighted by molar-refractivity contribution is 5.83. The van der Waals surface area contributed by atoms with Gasteiger partial charge in [0, 0.05) is 44.8 Å². The van der Waals surface area contributed by atoms with Gasteiger partial charge in [-0.1, -0.05) is 30.3 Å². The normalized spacial score (nSPS) is 21.4. The maximum absolute atomic E-state index is 13.8. The summed E-state index contributed by atoms with van der Waals surface area (Å²) >= 11 is 0. The molecule has 0 aliphatic carbocycles. The number of rotatable bonds is 6. The Labute approximate surface area is 179 Å². The molecule has 0 saturated carbocycles. The second kappa shape index (κ2) is 9.71. The average molecular weight is 409 g/mol. The van der Waals surface area contributed by atoms with Crippen molar-refractivity contribution in [2.24, 2.45) is 5.41 Å². The Morgan fingerprint density at radius 3 is 2.63 bits per heavy atom. The van der Waals surface area contributed by atoms with Gasteiger partial charge in [0.1, 0.15) is 0 Å². The molecule has 30 heavy (non-hydrogen) atoms. The lowest BCUT2D eigenvalue weighted by molar-refractivity contribution is -0.152. The van der Waals surface area contributed by atoms with Gasteiger partial charge < -0.3 is 14.7 Å². The van der Waals surface area contributed by atoms with Crippen LogP contribution in [0.5, 0.6) is 0 Å². The maximum Gasteiger partial charge on any atom is 0.229 e. The molecular weight excluding hydrogens is 376 g/mol. The Kier molecular flexibility index (Phi) is 6.80. The third kappa shape index (κ3) is 4.57. The Morgan fingerprint density at radius 1 is 1.13 bits per heavy atom. The fraction of sp³-hybridized carbons (Fsp3) is 0.520. The summed E-state index contributed by atoms with van der Waals surface area (Å²) < 4.78 is 5.63. The molecule has 2 saturated heterocycles. The minimum Gasteiger partial charge on any atom is -0.396 e. The van der Waals surface area contributed by atoms with E-state index in [1.54, 1.807) is 6.20 Å². The van der Waals surface area contributed by atoms with Gasteiger partial charge in [-0.15, -0.1) is 0 Å². The number of hydrogen-bond donors (Lipinski definition) is 1. The van der Waals surface area contributed by atoms with E-state index < -0.39 is 5.41 Å². The first kappa shape index (κ1) is 21.0. The summed E-state index contributed by atoms with van der Waals surface area (Å²) in [5.41, 5.74) is 3.02. The number of benzene rings is 1. The molecular formula is C25H32N2O3. The zero-order valence-electron chi connectivity index (χ0n) is 17.6. The molecule has 0 unspecified atom stereocenters. The van der Waals surface area contributed by atoms with Crippen molar-refractivity contribution < 1.29 is 14.6 Å². The van der Waals surface area contributed by atoms with Gasteiger partial charge in [0.15, 0.2) is 0 Å². The predicted octanol–water partition coefficient (Wildman–Crippen LogP) is 3.85. The van der Waals surface area contributed by atoms with Crippen LogP contribution in [0.25, 0.3) is 11.1 Å². The SMILES string of the molecule is O=C(N1CCCC[C@@H]1CCO)C1(Cc2ccc(-c3cccnc3)cc2)CCOCC1. The number of hydrogen-bond acceptors (Lipinski definition) is 4. The highest BCUT2D eigenvalue weighted by atomic mass is 16.5. The number of aliphatic hydroxyl groups excluding tert-OH is 1. The molecule has 5 nitrogen and oxygen atoms in total. The number of aliphatic hydroxyl groups is 1. The quantitative estimate of drug-likeness (QED) is 0.789.